The van der Waals surface area contributed by atoms with E-state index in [4.69, 9.17) is 18.9 Å². The first-order valence-corrected chi connectivity index (χ1v) is 7.89. The quantitative estimate of drug-likeness (QED) is 0.914. The number of hydrogen-bond donors (Lipinski definition) is 1. The highest BCUT2D eigenvalue weighted by molar-refractivity contribution is 5.56. The molecule has 0 radical (unpaired) electrons. The van der Waals surface area contributed by atoms with Gasteiger partial charge in [-0.3, -0.25) is 0 Å². The lowest BCUT2D eigenvalue weighted by atomic mass is 9.85. The van der Waals surface area contributed by atoms with Gasteiger partial charge in [0.1, 0.15) is 0 Å². The standard InChI is InChI=1S/C19H23NO4/c1-21-16-7-5-12(9-18(16)23-3)14-10-20-11-15-13(14)6-8-17(22-2)19(15)24-4/h5-9,14,20H,10-11H2,1-4H3. The highest BCUT2D eigenvalue weighted by atomic mass is 16.5. The van der Waals surface area contributed by atoms with Crippen molar-refractivity contribution >= 4 is 0 Å². The zero-order chi connectivity index (χ0) is 17.1. The lowest BCUT2D eigenvalue weighted by Gasteiger charge is -2.29. The van der Waals surface area contributed by atoms with Crippen LogP contribution >= 0.6 is 0 Å². The number of ether oxygens (including phenoxy) is 4. The Morgan fingerprint density at radius 1 is 0.833 bits per heavy atom. The van der Waals surface area contributed by atoms with E-state index in [2.05, 4.69) is 17.4 Å². The van der Waals surface area contributed by atoms with E-state index in [1.54, 1.807) is 28.4 Å². The van der Waals surface area contributed by atoms with E-state index >= 15 is 0 Å². The van der Waals surface area contributed by atoms with Gasteiger partial charge in [0.15, 0.2) is 23.0 Å². The van der Waals surface area contributed by atoms with Crippen molar-refractivity contribution in [3.63, 3.8) is 0 Å². The van der Waals surface area contributed by atoms with Gasteiger partial charge in [0.2, 0.25) is 0 Å². The maximum atomic E-state index is 5.59. The van der Waals surface area contributed by atoms with Gasteiger partial charge < -0.3 is 24.3 Å². The van der Waals surface area contributed by atoms with Crippen LogP contribution in [0.3, 0.4) is 0 Å². The van der Waals surface area contributed by atoms with Crippen LogP contribution in [-0.4, -0.2) is 35.0 Å². The van der Waals surface area contributed by atoms with E-state index in [-0.39, 0.29) is 5.92 Å². The van der Waals surface area contributed by atoms with Crippen molar-refractivity contribution in [3.8, 4) is 23.0 Å². The summed E-state index contributed by atoms with van der Waals surface area (Å²) in [6, 6.07) is 10.2. The molecule has 1 atom stereocenters. The van der Waals surface area contributed by atoms with Crippen molar-refractivity contribution in [1.82, 2.24) is 5.32 Å². The number of rotatable bonds is 5. The summed E-state index contributed by atoms with van der Waals surface area (Å²) >= 11 is 0. The third-order valence-corrected chi connectivity index (χ3v) is 4.52. The Balaban J connectivity index is 2.07. The minimum absolute atomic E-state index is 0.216. The van der Waals surface area contributed by atoms with Crippen LogP contribution < -0.4 is 24.3 Å². The Labute approximate surface area is 142 Å². The van der Waals surface area contributed by atoms with Gasteiger partial charge in [0, 0.05) is 24.6 Å². The van der Waals surface area contributed by atoms with Crippen LogP contribution in [0.1, 0.15) is 22.6 Å². The lowest BCUT2D eigenvalue weighted by Crippen LogP contribution is -2.29. The predicted molar refractivity (Wildman–Crippen MR) is 92.6 cm³/mol. The Kier molecular flexibility index (Phi) is 4.81. The smallest absolute Gasteiger partial charge is 0.165 e. The zero-order valence-corrected chi connectivity index (χ0v) is 14.5. The molecule has 2 aromatic rings. The minimum Gasteiger partial charge on any atom is -0.493 e. The molecule has 0 spiro atoms. The van der Waals surface area contributed by atoms with E-state index in [1.807, 2.05) is 18.2 Å². The summed E-state index contributed by atoms with van der Waals surface area (Å²) in [7, 11) is 6.64. The molecular weight excluding hydrogens is 306 g/mol. The molecule has 5 heteroatoms. The van der Waals surface area contributed by atoms with Crippen LogP contribution in [0.4, 0.5) is 0 Å². The van der Waals surface area contributed by atoms with Gasteiger partial charge in [0.05, 0.1) is 28.4 Å². The Morgan fingerprint density at radius 2 is 1.54 bits per heavy atom. The summed E-state index contributed by atoms with van der Waals surface area (Å²) in [6.07, 6.45) is 0. The van der Waals surface area contributed by atoms with E-state index < -0.39 is 0 Å². The fraction of sp³-hybridized carbons (Fsp3) is 0.368. The number of nitrogens with one attached hydrogen (secondary N) is 1. The Bertz CT molecular complexity index is 730. The topological polar surface area (TPSA) is 49.0 Å². The summed E-state index contributed by atoms with van der Waals surface area (Å²) in [6.45, 7) is 1.62. The summed E-state index contributed by atoms with van der Waals surface area (Å²) in [5.41, 5.74) is 3.56. The molecule has 1 N–H and O–H groups in total. The minimum atomic E-state index is 0.216. The second-order valence-electron chi connectivity index (χ2n) is 5.67. The fourth-order valence-corrected chi connectivity index (χ4v) is 3.33. The monoisotopic (exact) mass is 329 g/mol. The SMILES string of the molecule is COc1ccc(C2CNCc3c2ccc(OC)c3OC)cc1OC. The van der Waals surface area contributed by atoms with Crippen LogP contribution in [0, 0.1) is 0 Å². The first-order chi connectivity index (χ1) is 11.7. The van der Waals surface area contributed by atoms with Gasteiger partial charge in [-0.15, -0.1) is 0 Å². The summed E-state index contributed by atoms with van der Waals surface area (Å²) in [5.74, 6) is 3.24. The van der Waals surface area contributed by atoms with Crippen LogP contribution in [-0.2, 0) is 6.54 Å². The van der Waals surface area contributed by atoms with Gasteiger partial charge in [-0.1, -0.05) is 12.1 Å². The number of methoxy groups -OCH3 is 4. The van der Waals surface area contributed by atoms with Crippen molar-refractivity contribution in [2.24, 2.45) is 0 Å². The van der Waals surface area contributed by atoms with Crippen LogP contribution in [0.5, 0.6) is 23.0 Å². The molecule has 0 aliphatic carbocycles. The average molecular weight is 329 g/mol. The molecule has 1 unspecified atom stereocenters. The fourth-order valence-electron chi connectivity index (χ4n) is 3.33. The lowest BCUT2D eigenvalue weighted by molar-refractivity contribution is 0.347. The molecule has 0 saturated heterocycles. The number of benzene rings is 2. The highest BCUT2D eigenvalue weighted by Gasteiger charge is 2.26. The van der Waals surface area contributed by atoms with Crippen molar-refractivity contribution in [3.05, 3.63) is 47.0 Å². The molecule has 128 valence electrons. The maximum absolute atomic E-state index is 5.59. The van der Waals surface area contributed by atoms with Gasteiger partial charge >= 0.3 is 0 Å². The normalized spacial score (nSPS) is 16.2. The van der Waals surface area contributed by atoms with Crippen molar-refractivity contribution in [2.75, 3.05) is 35.0 Å². The second kappa shape index (κ2) is 7.01. The number of hydrogen-bond acceptors (Lipinski definition) is 5. The van der Waals surface area contributed by atoms with Crippen molar-refractivity contribution in [2.45, 2.75) is 12.5 Å². The average Bonchev–Trinajstić information content (AvgIpc) is 2.65. The van der Waals surface area contributed by atoms with Gasteiger partial charge in [-0.25, -0.2) is 0 Å². The van der Waals surface area contributed by atoms with Gasteiger partial charge in [-0.05, 0) is 29.3 Å². The molecule has 1 heterocycles. The van der Waals surface area contributed by atoms with E-state index in [9.17, 15) is 0 Å². The summed E-state index contributed by atoms with van der Waals surface area (Å²) in [5, 5.41) is 3.47. The van der Waals surface area contributed by atoms with E-state index in [0.717, 1.165) is 41.7 Å². The third-order valence-electron chi connectivity index (χ3n) is 4.52. The van der Waals surface area contributed by atoms with Crippen LogP contribution in [0.25, 0.3) is 0 Å². The summed E-state index contributed by atoms with van der Waals surface area (Å²) in [4.78, 5) is 0. The Morgan fingerprint density at radius 3 is 2.21 bits per heavy atom. The van der Waals surface area contributed by atoms with Crippen LogP contribution in [0.15, 0.2) is 30.3 Å². The molecule has 2 aromatic carbocycles. The molecule has 0 bridgehead atoms. The molecule has 0 amide bonds. The molecule has 24 heavy (non-hydrogen) atoms. The summed E-state index contributed by atoms with van der Waals surface area (Å²) < 4.78 is 21.8. The van der Waals surface area contributed by atoms with Gasteiger partial charge in [-0.2, -0.15) is 0 Å². The van der Waals surface area contributed by atoms with E-state index in [0.29, 0.717) is 0 Å². The van der Waals surface area contributed by atoms with Crippen LogP contribution in [0.2, 0.25) is 0 Å². The predicted octanol–water partition coefficient (Wildman–Crippen LogP) is 2.96. The number of fused-ring (bicyclic) bond motifs is 1. The second-order valence-corrected chi connectivity index (χ2v) is 5.67. The first-order valence-electron chi connectivity index (χ1n) is 7.89. The highest BCUT2D eigenvalue weighted by Crippen LogP contribution is 2.41. The molecule has 1 aliphatic heterocycles. The van der Waals surface area contributed by atoms with E-state index in [1.165, 1.54) is 11.1 Å². The molecule has 5 nitrogen and oxygen atoms in total. The molecular formula is C19H23NO4. The molecule has 3 rings (SSSR count). The third kappa shape index (κ3) is 2.76. The molecule has 0 aromatic heterocycles. The zero-order valence-electron chi connectivity index (χ0n) is 14.5. The van der Waals surface area contributed by atoms with Crippen molar-refractivity contribution < 1.29 is 18.9 Å². The Hall–Kier alpha value is -2.40. The maximum Gasteiger partial charge on any atom is 0.165 e. The molecule has 0 fully saturated rings. The molecule has 1 aliphatic rings. The van der Waals surface area contributed by atoms with Gasteiger partial charge in [0.25, 0.3) is 0 Å². The van der Waals surface area contributed by atoms with Crippen molar-refractivity contribution in [1.29, 1.82) is 0 Å². The first kappa shape index (κ1) is 16.5. The largest absolute Gasteiger partial charge is 0.493 e. The molecule has 0 saturated carbocycles.